The van der Waals surface area contributed by atoms with Gasteiger partial charge >= 0.3 is 0 Å². The van der Waals surface area contributed by atoms with Crippen molar-refractivity contribution in [2.24, 2.45) is 10.4 Å². The molecule has 1 N–H and O–H groups in total. The highest BCUT2D eigenvalue weighted by Gasteiger charge is 2.33. The molecule has 140 valence electrons. The van der Waals surface area contributed by atoms with E-state index in [1.54, 1.807) is 0 Å². The van der Waals surface area contributed by atoms with Crippen molar-refractivity contribution in [1.82, 2.24) is 10.2 Å². The van der Waals surface area contributed by atoms with Gasteiger partial charge in [0.05, 0.1) is 19.8 Å². The lowest BCUT2D eigenvalue weighted by Gasteiger charge is -2.39. The number of nitrogens with zero attached hydrogens (tertiary/aromatic N) is 3. The molecule has 1 aromatic rings. The molecule has 5 nitrogen and oxygen atoms in total. The first kappa shape index (κ1) is 20.6. The average Bonchev–Trinajstić information content (AvgIpc) is 2.57. The molecule has 0 atom stereocenters. The first-order valence-electron chi connectivity index (χ1n) is 8.71. The highest BCUT2D eigenvalue weighted by molar-refractivity contribution is 14.0. The van der Waals surface area contributed by atoms with Gasteiger partial charge in [-0.1, -0.05) is 24.6 Å². The van der Waals surface area contributed by atoms with Gasteiger partial charge in [-0.2, -0.15) is 0 Å². The van der Waals surface area contributed by atoms with E-state index in [1.807, 2.05) is 18.2 Å². The molecule has 0 aromatic heterocycles. The summed E-state index contributed by atoms with van der Waals surface area (Å²) in [5.74, 6) is 1.02. The van der Waals surface area contributed by atoms with E-state index >= 15 is 0 Å². The van der Waals surface area contributed by atoms with Crippen LogP contribution in [0.5, 0.6) is 0 Å². The third kappa shape index (κ3) is 5.37. The van der Waals surface area contributed by atoms with Gasteiger partial charge in [0.15, 0.2) is 5.96 Å². The van der Waals surface area contributed by atoms with E-state index in [9.17, 15) is 0 Å². The van der Waals surface area contributed by atoms with Crippen LogP contribution >= 0.6 is 35.6 Å². The lowest BCUT2D eigenvalue weighted by atomic mass is 9.89. The Morgan fingerprint density at radius 3 is 2.56 bits per heavy atom. The van der Waals surface area contributed by atoms with Gasteiger partial charge in [-0.05, 0) is 25.1 Å². The SMILES string of the molecule is CCNC(=NCC1(C)COC1)N1CCN(c2cccc(Cl)c2)CC1.I. The molecule has 3 rings (SSSR count). The minimum atomic E-state index is 0. The molecule has 2 heterocycles. The number of halogens is 2. The van der Waals surface area contributed by atoms with E-state index in [2.05, 4.69) is 35.0 Å². The van der Waals surface area contributed by atoms with Crippen molar-refractivity contribution in [2.75, 3.05) is 57.4 Å². The van der Waals surface area contributed by atoms with Gasteiger partial charge in [0.2, 0.25) is 0 Å². The van der Waals surface area contributed by atoms with Crippen molar-refractivity contribution in [3.05, 3.63) is 29.3 Å². The number of piperazine rings is 1. The van der Waals surface area contributed by atoms with Crippen molar-refractivity contribution in [2.45, 2.75) is 13.8 Å². The zero-order chi connectivity index (χ0) is 17.0. The molecule has 25 heavy (non-hydrogen) atoms. The molecule has 0 amide bonds. The summed E-state index contributed by atoms with van der Waals surface area (Å²) in [4.78, 5) is 9.59. The minimum absolute atomic E-state index is 0. The number of ether oxygens (including phenoxy) is 1. The highest BCUT2D eigenvalue weighted by atomic mass is 127. The maximum absolute atomic E-state index is 6.11. The predicted octanol–water partition coefficient (Wildman–Crippen LogP) is 3.08. The zero-order valence-electron chi connectivity index (χ0n) is 15.0. The van der Waals surface area contributed by atoms with Crippen molar-refractivity contribution < 1.29 is 4.74 Å². The molecular formula is C18H28ClIN4O. The van der Waals surface area contributed by atoms with Crippen LogP contribution in [0.1, 0.15) is 13.8 Å². The van der Waals surface area contributed by atoms with Crippen LogP contribution in [0, 0.1) is 5.41 Å². The van der Waals surface area contributed by atoms with Gasteiger partial charge in [-0.15, -0.1) is 24.0 Å². The number of guanidine groups is 1. The number of hydrogen-bond acceptors (Lipinski definition) is 3. The van der Waals surface area contributed by atoms with E-state index in [1.165, 1.54) is 5.69 Å². The van der Waals surface area contributed by atoms with E-state index in [-0.39, 0.29) is 29.4 Å². The Morgan fingerprint density at radius 1 is 1.28 bits per heavy atom. The fourth-order valence-electron chi connectivity index (χ4n) is 3.08. The summed E-state index contributed by atoms with van der Waals surface area (Å²) in [6.45, 7) is 11.6. The molecule has 0 bridgehead atoms. The summed E-state index contributed by atoms with van der Waals surface area (Å²) in [6, 6.07) is 8.09. The minimum Gasteiger partial charge on any atom is -0.380 e. The van der Waals surface area contributed by atoms with Gasteiger partial charge in [0.25, 0.3) is 0 Å². The summed E-state index contributed by atoms with van der Waals surface area (Å²) < 4.78 is 5.33. The smallest absolute Gasteiger partial charge is 0.194 e. The van der Waals surface area contributed by atoms with E-state index in [0.717, 1.165) is 63.5 Å². The Morgan fingerprint density at radius 2 is 2.00 bits per heavy atom. The van der Waals surface area contributed by atoms with Crippen LogP contribution in [0.3, 0.4) is 0 Å². The maximum Gasteiger partial charge on any atom is 0.194 e. The highest BCUT2D eigenvalue weighted by Crippen LogP contribution is 2.26. The first-order valence-corrected chi connectivity index (χ1v) is 9.09. The number of rotatable bonds is 4. The quantitative estimate of drug-likeness (QED) is 0.410. The van der Waals surface area contributed by atoms with Crippen molar-refractivity contribution in [3.8, 4) is 0 Å². The fraction of sp³-hybridized carbons (Fsp3) is 0.611. The third-order valence-corrected chi connectivity index (χ3v) is 4.83. The van der Waals surface area contributed by atoms with Crippen molar-refractivity contribution in [1.29, 1.82) is 0 Å². The van der Waals surface area contributed by atoms with Gasteiger partial charge < -0.3 is 19.9 Å². The molecule has 0 aliphatic carbocycles. The topological polar surface area (TPSA) is 40.1 Å². The van der Waals surface area contributed by atoms with Gasteiger partial charge in [0, 0.05) is 48.8 Å². The summed E-state index contributed by atoms with van der Waals surface area (Å²) in [6.07, 6.45) is 0. The molecule has 0 radical (unpaired) electrons. The molecule has 0 spiro atoms. The molecule has 7 heteroatoms. The summed E-state index contributed by atoms with van der Waals surface area (Å²) >= 11 is 6.11. The maximum atomic E-state index is 6.11. The van der Waals surface area contributed by atoms with Crippen LogP contribution < -0.4 is 10.2 Å². The van der Waals surface area contributed by atoms with Crippen molar-refractivity contribution in [3.63, 3.8) is 0 Å². The second-order valence-corrected chi connectivity index (χ2v) is 7.36. The number of aliphatic imine (C=N–C) groups is 1. The van der Waals surface area contributed by atoms with Crippen LogP contribution in [0.25, 0.3) is 0 Å². The Hall–Kier alpha value is -0.730. The van der Waals surface area contributed by atoms with Gasteiger partial charge in [0.1, 0.15) is 0 Å². The van der Waals surface area contributed by atoms with Gasteiger partial charge in [-0.3, -0.25) is 4.99 Å². The van der Waals surface area contributed by atoms with Crippen LogP contribution in [0.15, 0.2) is 29.3 Å². The zero-order valence-corrected chi connectivity index (χ0v) is 18.1. The molecule has 1 aromatic carbocycles. The van der Waals surface area contributed by atoms with Gasteiger partial charge in [-0.25, -0.2) is 0 Å². The third-order valence-electron chi connectivity index (χ3n) is 4.60. The van der Waals surface area contributed by atoms with E-state index in [0.29, 0.717) is 0 Å². The molecular weight excluding hydrogens is 451 g/mol. The second kappa shape index (κ2) is 9.28. The van der Waals surface area contributed by atoms with Crippen molar-refractivity contribution >= 4 is 47.2 Å². The number of benzene rings is 1. The second-order valence-electron chi connectivity index (χ2n) is 6.93. The molecule has 0 unspecified atom stereocenters. The summed E-state index contributed by atoms with van der Waals surface area (Å²) in [5, 5.41) is 4.22. The number of hydrogen-bond donors (Lipinski definition) is 1. The Balaban J connectivity index is 0.00000225. The van der Waals surface area contributed by atoms with Crippen LogP contribution in [-0.2, 0) is 4.74 Å². The number of nitrogens with one attached hydrogen (secondary N) is 1. The largest absolute Gasteiger partial charge is 0.380 e. The molecule has 0 saturated carbocycles. The molecule has 2 fully saturated rings. The van der Waals surface area contributed by atoms with E-state index < -0.39 is 0 Å². The Bertz CT molecular complexity index is 586. The Kier molecular flexibility index (Phi) is 7.64. The average molecular weight is 479 g/mol. The molecule has 2 aliphatic heterocycles. The van der Waals surface area contributed by atoms with Crippen LogP contribution in [0.4, 0.5) is 5.69 Å². The first-order chi connectivity index (χ1) is 11.6. The van der Waals surface area contributed by atoms with E-state index in [4.69, 9.17) is 21.3 Å². The summed E-state index contributed by atoms with van der Waals surface area (Å²) in [7, 11) is 0. The normalized spacial score (nSPS) is 19.9. The molecule has 2 saturated heterocycles. The predicted molar refractivity (Wildman–Crippen MR) is 116 cm³/mol. The standard InChI is InChI=1S/C18H27ClN4O.HI/c1-3-20-17(21-12-18(2)13-24-14-18)23-9-7-22(8-10-23)16-6-4-5-15(19)11-16;/h4-6,11H,3,7-10,12-14H2,1-2H3,(H,20,21);1H. The lowest BCUT2D eigenvalue weighted by Crippen LogP contribution is -2.53. The fourth-order valence-corrected chi connectivity index (χ4v) is 3.27. The lowest BCUT2D eigenvalue weighted by molar-refractivity contribution is -0.0946. The molecule has 2 aliphatic rings. The Labute approximate surface area is 172 Å². The summed E-state index contributed by atoms with van der Waals surface area (Å²) in [5.41, 5.74) is 1.41. The monoisotopic (exact) mass is 478 g/mol. The van der Waals surface area contributed by atoms with Crippen LogP contribution in [0.2, 0.25) is 5.02 Å². The number of anilines is 1. The van der Waals surface area contributed by atoms with Crippen LogP contribution in [-0.4, -0.2) is 63.3 Å².